The lowest BCUT2D eigenvalue weighted by Gasteiger charge is -2.30. The van der Waals surface area contributed by atoms with Crippen molar-refractivity contribution in [2.75, 3.05) is 25.4 Å². The van der Waals surface area contributed by atoms with Gasteiger partial charge in [0.2, 0.25) is 0 Å². The topological polar surface area (TPSA) is 64.3 Å². The number of alkyl halides is 1. The van der Waals surface area contributed by atoms with Crippen molar-refractivity contribution in [3.05, 3.63) is 24.0 Å². The number of rotatable bonds is 3. The smallest absolute Gasteiger partial charge is 0.319 e. The maximum atomic E-state index is 13.9. The third kappa shape index (κ3) is 2.39. The molecule has 2 fully saturated rings. The van der Waals surface area contributed by atoms with E-state index in [0.29, 0.717) is 25.0 Å². The third-order valence-corrected chi connectivity index (χ3v) is 4.92. The summed E-state index contributed by atoms with van der Waals surface area (Å²) >= 11 is 0. The van der Waals surface area contributed by atoms with E-state index in [4.69, 9.17) is 10.5 Å². The van der Waals surface area contributed by atoms with Gasteiger partial charge in [-0.1, -0.05) is 6.07 Å². The van der Waals surface area contributed by atoms with Crippen molar-refractivity contribution in [3.63, 3.8) is 0 Å². The third-order valence-electron chi connectivity index (χ3n) is 4.92. The molecule has 0 aliphatic carbocycles. The Morgan fingerprint density at radius 2 is 2.26 bits per heavy atom. The molecule has 7 heteroatoms. The second-order valence-electron chi connectivity index (χ2n) is 6.39. The van der Waals surface area contributed by atoms with Crippen LogP contribution in [0.4, 0.5) is 14.6 Å². The number of nitrogens with two attached hydrogens (primary N) is 1. The summed E-state index contributed by atoms with van der Waals surface area (Å²) in [7, 11) is 0. The van der Waals surface area contributed by atoms with Crippen LogP contribution in [-0.4, -0.2) is 46.3 Å². The molecule has 3 heterocycles. The molecule has 2 saturated heterocycles. The Labute approximate surface area is 132 Å². The lowest BCUT2D eigenvalue weighted by molar-refractivity contribution is 0.107. The molecule has 23 heavy (non-hydrogen) atoms. The molecule has 2 N–H and O–H groups in total. The first kappa shape index (κ1) is 14.6. The van der Waals surface area contributed by atoms with E-state index >= 15 is 0 Å². The molecule has 2 aliphatic heterocycles. The molecule has 2 atom stereocenters. The van der Waals surface area contributed by atoms with E-state index in [9.17, 15) is 8.78 Å². The number of nitrogens with zero attached hydrogens (tertiary/aromatic N) is 3. The molecule has 5 nitrogen and oxygen atoms in total. The Balaban J connectivity index is 1.60. The number of ether oxygens (including phenoxy) is 1. The van der Waals surface area contributed by atoms with E-state index in [-0.39, 0.29) is 22.9 Å². The minimum absolute atomic E-state index is 0.0450. The summed E-state index contributed by atoms with van der Waals surface area (Å²) in [4.78, 5) is 10.4. The van der Waals surface area contributed by atoms with Crippen molar-refractivity contribution in [1.29, 1.82) is 0 Å². The Morgan fingerprint density at radius 3 is 3.13 bits per heavy atom. The largest absolute Gasteiger partial charge is 0.461 e. The van der Waals surface area contributed by atoms with Crippen molar-refractivity contribution in [1.82, 2.24) is 14.9 Å². The van der Waals surface area contributed by atoms with E-state index in [1.54, 1.807) is 12.1 Å². The van der Waals surface area contributed by atoms with Crippen LogP contribution in [0, 0.1) is 5.82 Å². The Morgan fingerprint density at radius 1 is 1.39 bits per heavy atom. The van der Waals surface area contributed by atoms with Crippen LogP contribution in [0.3, 0.4) is 0 Å². The zero-order valence-corrected chi connectivity index (χ0v) is 12.6. The van der Waals surface area contributed by atoms with Crippen LogP contribution in [0.1, 0.15) is 19.3 Å². The monoisotopic (exact) mass is 320 g/mol. The molecule has 0 spiro atoms. The Bertz CT molecular complexity index is 756. The standard InChI is InChI=1S/C16H18F2N4O/c17-10-7-16(5-2-6-22(16)8-10)9-23-15-20-13-11(14(19)21-15)3-1-4-12(13)18/h1,3-4,10H,2,5-9H2,(H2,19,20,21)/t10-,16+/m1/s1. The van der Waals surface area contributed by atoms with Crippen LogP contribution in [0.15, 0.2) is 18.2 Å². The maximum absolute atomic E-state index is 13.9. The number of para-hydroxylation sites is 1. The van der Waals surface area contributed by atoms with Crippen molar-refractivity contribution in [3.8, 4) is 6.01 Å². The summed E-state index contributed by atoms with van der Waals surface area (Å²) in [5.41, 5.74) is 5.72. The van der Waals surface area contributed by atoms with E-state index in [1.165, 1.54) is 6.07 Å². The average Bonchev–Trinajstić information content (AvgIpc) is 3.02. The van der Waals surface area contributed by atoms with Gasteiger partial charge in [-0.25, -0.2) is 8.78 Å². The van der Waals surface area contributed by atoms with Gasteiger partial charge in [0.25, 0.3) is 0 Å². The zero-order valence-electron chi connectivity index (χ0n) is 12.6. The van der Waals surface area contributed by atoms with Crippen LogP contribution < -0.4 is 10.5 Å². The van der Waals surface area contributed by atoms with Crippen molar-refractivity contribution in [2.24, 2.45) is 0 Å². The van der Waals surface area contributed by atoms with Crippen LogP contribution in [0.25, 0.3) is 10.9 Å². The summed E-state index contributed by atoms with van der Waals surface area (Å²) < 4.78 is 33.3. The molecular weight excluding hydrogens is 302 g/mol. The van der Waals surface area contributed by atoms with Gasteiger partial charge in [-0.2, -0.15) is 9.97 Å². The fourth-order valence-electron chi connectivity index (χ4n) is 3.83. The van der Waals surface area contributed by atoms with Gasteiger partial charge < -0.3 is 10.5 Å². The number of fused-ring (bicyclic) bond motifs is 2. The van der Waals surface area contributed by atoms with E-state index in [0.717, 1.165) is 19.4 Å². The number of hydrogen-bond donors (Lipinski definition) is 1. The predicted octanol–water partition coefficient (Wildman–Crippen LogP) is 2.31. The number of nitrogen functional groups attached to an aromatic ring is 1. The number of aromatic nitrogens is 2. The summed E-state index contributed by atoms with van der Waals surface area (Å²) in [6, 6.07) is 4.59. The molecule has 1 aromatic carbocycles. The summed E-state index contributed by atoms with van der Waals surface area (Å²) in [5.74, 6) is -0.285. The molecule has 0 bridgehead atoms. The number of halogens is 2. The van der Waals surface area contributed by atoms with Gasteiger partial charge in [-0.3, -0.25) is 4.90 Å². The molecule has 0 saturated carbocycles. The maximum Gasteiger partial charge on any atom is 0.319 e. The van der Waals surface area contributed by atoms with E-state index < -0.39 is 12.0 Å². The molecule has 0 amide bonds. The summed E-state index contributed by atoms with van der Waals surface area (Å²) in [6.07, 6.45) is 1.57. The molecule has 0 unspecified atom stereocenters. The molecule has 122 valence electrons. The van der Waals surface area contributed by atoms with Crippen molar-refractivity contribution in [2.45, 2.75) is 31.0 Å². The molecule has 2 aliphatic rings. The Hall–Kier alpha value is -2.02. The van der Waals surface area contributed by atoms with Crippen molar-refractivity contribution < 1.29 is 13.5 Å². The molecular formula is C16H18F2N4O. The lowest BCUT2D eigenvalue weighted by Crippen LogP contribution is -2.43. The molecule has 4 rings (SSSR count). The van der Waals surface area contributed by atoms with Crippen LogP contribution >= 0.6 is 0 Å². The van der Waals surface area contributed by atoms with Gasteiger partial charge in [-0.15, -0.1) is 0 Å². The fraction of sp³-hybridized carbons (Fsp3) is 0.500. The van der Waals surface area contributed by atoms with E-state index in [1.807, 2.05) is 0 Å². The first-order valence-corrected chi connectivity index (χ1v) is 7.81. The Kier molecular flexibility index (Phi) is 3.33. The summed E-state index contributed by atoms with van der Waals surface area (Å²) in [5, 5.41) is 0.461. The van der Waals surface area contributed by atoms with Gasteiger partial charge in [0.15, 0.2) is 0 Å². The van der Waals surface area contributed by atoms with Gasteiger partial charge in [0.1, 0.15) is 29.9 Å². The second kappa shape index (κ2) is 5.26. The minimum atomic E-state index is -0.820. The SMILES string of the molecule is Nc1nc(OC[C@@]23CCCN2C[C@H](F)C3)nc2c(F)cccc12. The number of anilines is 1. The highest BCUT2D eigenvalue weighted by molar-refractivity contribution is 5.88. The number of benzene rings is 1. The average molecular weight is 320 g/mol. The van der Waals surface area contributed by atoms with Crippen molar-refractivity contribution >= 4 is 16.7 Å². The first-order valence-electron chi connectivity index (χ1n) is 7.81. The molecule has 1 aromatic heterocycles. The molecule has 0 radical (unpaired) electrons. The van der Waals surface area contributed by atoms with Crippen LogP contribution in [0.2, 0.25) is 0 Å². The lowest BCUT2D eigenvalue weighted by atomic mass is 9.95. The zero-order chi connectivity index (χ0) is 16.0. The fourth-order valence-corrected chi connectivity index (χ4v) is 3.83. The summed E-state index contributed by atoms with van der Waals surface area (Å²) in [6.45, 7) is 1.64. The second-order valence-corrected chi connectivity index (χ2v) is 6.39. The van der Waals surface area contributed by atoms with Crippen LogP contribution in [-0.2, 0) is 0 Å². The van der Waals surface area contributed by atoms with Gasteiger partial charge >= 0.3 is 6.01 Å². The first-order chi connectivity index (χ1) is 11.1. The highest BCUT2D eigenvalue weighted by atomic mass is 19.1. The van der Waals surface area contributed by atoms with Gasteiger partial charge in [0.05, 0.1) is 5.54 Å². The highest BCUT2D eigenvalue weighted by Gasteiger charge is 2.49. The highest BCUT2D eigenvalue weighted by Crippen LogP contribution is 2.40. The minimum Gasteiger partial charge on any atom is -0.461 e. The van der Waals surface area contributed by atoms with Gasteiger partial charge in [0, 0.05) is 18.4 Å². The number of hydrogen-bond acceptors (Lipinski definition) is 5. The quantitative estimate of drug-likeness (QED) is 0.940. The van der Waals surface area contributed by atoms with Gasteiger partial charge in [-0.05, 0) is 31.5 Å². The van der Waals surface area contributed by atoms with E-state index in [2.05, 4.69) is 14.9 Å². The van der Waals surface area contributed by atoms with Crippen LogP contribution in [0.5, 0.6) is 6.01 Å². The predicted molar refractivity (Wildman–Crippen MR) is 82.5 cm³/mol. The molecule has 2 aromatic rings. The normalized spacial score (nSPS) is 27.5.